The Balaban J connectivity index is 0.000000672. The van der Waals surface area contributed by atoms with E-state index in [0.717, 1.165) is 58.6 Å². The first-order chi connectivity index (χ1) is 16.9. The summed E-state index contributed by atoms with van der Waals surface area (Å²) in [7, 11) is 0. The number of benzene rings is 1. The number of ether oxygens (including phenoxy) is 1. The summed E-state index contributed by atoms with van der Waals surface area (Å²) in [5, 5.41) is 4.80. The Labute approximate surface area is 208 Å². The zero-order chi connectivity index (χ0) is 24.9. The predicted octanol–water partition coefficient (Wildman–Crippen LogP) is 5.66. The molecule has 3 heterocycles. The average Bonchev–Trinajstić information content (AvgIpc) is 3.51. The largest absolute Gasteiger partial charge is 0.378 e. The van der Waals surface area contributed by atoms with Crippen molar-refractivity contribution in [2.75, 3.05) is 31.2 Å². The Morgan fingerprint density at radius 3 is 2.54 bits per heavy atom. The average molecular weight is 473 g/mol. The van der Waals surface area contributed by atoms with Crippen molar-refractivity contribution in [1.29, 1.82) is 0 Å². The zero-order valence-electron chi connectivity index (χ0n) is 21.5. The summed E-state index contributed by atoms with van der Waals surface area (Å²) in [4.78, 5) is 19.6. The number of carbonyl (C=O) groups excluding carboxylic acids is 1. The van der Waals surface area contributed by atoms with E-state index in [1.165, 1.54) is 5.56 Å². The standard InChI is InChI=1S/C25H26N4O2.C4H10/c1-3-24(30)19-14-20-22(15-19)26-25(16-23(20)28-9-11-31-12-10-28)29-8-7-21(27-29)18-6-4-5-17(2)13-18;1-4(2)3/h4-8,13,15-16H,3,9-12,14H2,1-2H3;4H,1-3H3. The minimum Gasteiger partial charge on any atom is -0.378 e. The number of nitrogens with zero attached hydrogens (tertiary/aromatic N) is 4. The zero-order valence-corrected chi connectivity index (χ0v) is 21.5. The number of morpholine rings is 1. The Bertz CT molecular complexity index is 1220. The van der Waals surface area contributed by atoms with Crippen molar-refractivity contribution in [3.63, 3.8) is 0 Å². The number of aromatic nitrogens is 3. The Morgan fingerprint density at radius 2 is 1.86 bits per heavy atom. The number of hydrogen-bond acceptors (Lipinski definition) is 5. The molecule has 0 saturated carbocycles. The van der Waals surface area contributed by atoms with E-state index in [4.69, 9.17) is 14.8 Å². The monoisotopic (exact) mass is 472 g/mol. The van der Waals surface area contributed by atoms with E-state index in [0.29, 0.717) is 26.1 Å². The molecule has 5 rings (SSSR count). The first-order valence-corrected chi connectivity index (χ1v) is 12.6. The van der Waals surface area contributed by atoms with Crippen LogP contribution in [0.25, 0.3) is 23.2 Å². The van der Waals surface area contributed by atoms with Crippen molar-refractivity contribution in [2.24, 2.45) is 5.92 Å². The lowest BCUT2D eigenvalue weighted by atomic mass is 10.1. The number of fused-ring (bicyclic) bond motifs is 1. The highest BCUT2D eigenvalue weighted by molar-refractivity contribution is 6.02. The van der Waals surface area contributed by atoms with Crippen molar-refractivity contribution in [2.45, 2.75) is 47.5 Å². The van der Waals surface area contributed by atoms with E-state index in [2.05, 4.69) is 56.9 Å². The maximum atomic E-state index is 12.4. The molecule has 35 heavy (non-hydrogen) atoms. The molecule has 184 valence electrons. The summed E-state index contributed by atoms with van der Waals surface area (Å²) in [6.07, 6.45) is 5.07. The Morgan fingerprint density at radius 1 is 1.11 bits per heavy atom. The third kappa shape index (κ3) is 5.88. The van der Waals surface area contributed by atoms with E-state index in [1.54, 1.807) is 0 Å². The van der Waals surface area contributed by atoms with E-state index in [-0.39, 0.29) is 5.78 Å². The fourth-order valence-corrected chi connectivity index (χ4v) is 4.29. The number of pyridine rings is 1. The summed E-state index contributed by atoms with van der Waals surface area (Å²) in [6.45, 7) is 13.6. The molecule has 1 fully saturated rings. The molecule has 1 aliphatic heterocycles. The van der Waals surface area contributed by atoms with Crippen LogP contribution in [0.2, 0.25) is 0 Å². The second-order valence-corrected chi connectivity index (χ2v) is 9.83. The van der Waals surface area contributed by atoms with Crippen molar-refractivity contribution in [3.8, 4) is 17.1 Å². The number of anilines is 1. The second-order valence-electron chi connectivity index (χ2n) is 9.83. The molecule has 0 radical (unpaired) electrons. The second kappa shape index (κ2) is 11.0. The fourth-order valence-electron chi connectivity index (χ4n) is 4.29. The van der Waals surface area contributed by atoms with Gasteiger partial charge >= 0.3 is 0 Å². The quantitative estimate of drug-likeness (QED) is 0.479. The number of aryl methyl sites for hydroxylation is 1. The molecule has 2 aromatic heterocycles. The normalized spacial score (nSPS) is 14.9. The van der Waals surface area contributed by atoms with Gasteiger partial charge in [-0.25, -0.2) is 9.67 Å². The Kier molecular flexibility index (Phi) is 7.81. The molecule has 0 N–H and O–H groups in total. The number of allylic oxidation sites excluding steroid dienone is 1. The molecule has 0 atom stereocenters. The molecular weight excluding hydrogens is 436 g/mol. The molecular formula is C29H36N4O2. The van der Waals surface area contributed by atoms with E-state index >= 15 is 0 Å². The molecule has 1 aromatic carbocycles. The third-order valence-corrected chi connectivity index (χ3v) is 5.97. The highest BCUT2D eigenvalue weighted by Gasteiger charge is 2.26. The predicted molar refractivity (Wildman–Crippen MR) is 142 cm³/mol. The topological polar surface area (TPSA) is 60.2 Å². The van der Waals surface area contributed by atoms with Crippen LogP contribution in [0.3, 0.4) is 0 Å². The summed E-state index contributed by atoms with van der Waals surface area (Å²) < 4.78 is 7.38. The van der Waals surface area contributed by atoms with Crippen LogP contribution < -0.4 is 4.90 Å². The van der Waals surface area contributed by atoms with Gasteiger partial charge in [-0.3, -0.25) is 4.79 Å². The lowest BCUT2D eigenvalue weighted by Crippen LogP contribution is -2.37. The van der Waals surface area contributed by atoms with Crippen molar-refractivity contribution in [3.05, 3.63) is 65.0 Å². The van der Waals surface area contributed by atoms with Crippen LogP contribution in [0.15, 0.2) is 48.2 Å². The smallest absolute Gasteiger partial charge is 0.159 e. The van der Waals surface area contributed by atoms with Crippen LogP contribution in [0.1, 0.15) is 50.9 Å². The summed E-state index contributed by atoms with van der Waals surface area (Å²) in [5.41, 5.74) is 7.19. The van der Waals surface area contributed by atoms with Gasteiger partial charge < -0.3 is 9.64 Å². The van der Waals surface area contributed by atoms with Gasteiger partial charge in [-0.1, -0.05) is 51.5 Å². The van der Waals surface area contributed by atoms with Crippen LogP contribution in [-0.4, -0.2) is 46.9 Å². The molecule has 2 aliphatic rings. The molecule has 0 bridgehead atoms. The molecule has 6 heteroatoms. The van der Waals surface area contributed by atoms with E-state index in [1.807, 2.05) is 36.0 Å². The highest BCUT2D eigenvalue weighted by Crippen LogP contribution is 2.35. The molecule has 3 aromatic rings. The SMILES string of the molecule is CC(C)C.CCC(=O)C1=Cc2nc(-n3ccc(-c4cccc(C)c4)n3)cc(N3CCOCC3)c2C1. The minimum atomic E-state index is 0.188. The van der Waals surface area contributed by atoms with Crippen molar-refractivity contribution >= 4 is 17.5 Å². The van der Waals surface area contributed by atoms with Gasteiger partial charge in [0.25, 0.3) is 0 Å². The van der Waals surface area contributed by atoms with Gasteiger partial charge in [0.05, 0.1) is 24.6 Å². The molecule has 0 unspecified atom stereocenters. The maximum absolute atomic E-state index is 12.4. The minimum absolute atomic E-state index is 0.188. The molecule has 1 saturated heterocycles. The maximum Gasteiger partial charge on any atom is 0.159 e. The number of rotatable bonds is 5. The van der Waals surface area contributed by atoms with Crippen LogP contribution in [-0.2, 0) is 16.0 Å². The van der Waals surface area contributed by atoms with Gasteiger partial charge in [0.15, 0.2) is 11.6 Å². The van der Waals surface area contributed by atoms with E-state index < -0.39 is 0 Å². The van der Waals surface area contributed by atoms with Gasteiger partial charge in [-0.05, 0) is 31.1 Å². The Hall–Kier alpha value is -3.25. The number of carbonyl (C=O) groups is 1. The third-order valence-electron chi connectivity index (χ3n) is 5.97. The molecule has 1 aliphatic carbocycles. The fraction of sp³-hybridized carbons (Fsp3) is 0.414. The van der Waals surface area contributed by atoms with Crippen LogP contribution >= 0.6 is 0 Å². The van der Waals surface area contributed by atoms with Gasteiger partial charge in [0.2, 0.25) is 0 Å². The first-order valence-electron chi connectivity index (χ1n) is 12.6. The summed E-state index contributed by atoms with van der Waals surface area (Å²) in [5.74, 6) is 1.79. The summed E-state index contributed by atoms with van der Waals surface area (Å²) >= 11 is 0. The summed E-state index contributed by atoms with van der Waals surface area (Å²) in [6, 6.07) is 12.4. The number of ketones is 1. The molecule has 0 amide bonds. The lowest BCUT2D eigenvalue weighted by molar-refractivity contribution is -0.115. The van der Waals surface area contributed by atoms with Gasteiger partial charge in [-0.2, -0.15) is 5.10 Å². The van der Waals surface area contributed by atoms with Crippen LogP contribution in [0, 0.1) is 12.8 Å². The molecule has 0 spiro atoms. The first kappa shape index (κ1) is 24.9. The van der Waals surface area contributed by atoms with Gasteiger partial charge in [0.1, 0.15) is 0 Å². The van der Waals surface area contributed by atoms with Crippen LogP contribution in [0.5, 0.6) is 0 Å². The van der Waals surface area contributed by atoms with Gasteiger partial charge in [0, 0.05) is 60.6 Å². The van der Waals surface area contributed by atoms with Gasteiger partial charge in [-0.15, -0.1) is 0 Å². The number of Topliss-reactive ketones (excluding diaryl/α,β-unsaturated/α-hetero) is 1. The number of hydrogen-bond donors (Lipinski definition) is 0. The van der Waals surface area contributed by atoms with E-state index in [9.17, 15) is 4.79 Å². The van der Waals surface area contributed by atoms with Crippen molar-refractivity contribution in [1.82, 2.24) is 14.8 Å². The van der Waals surface area contributed by atoms with Crippen molar-refractivity contribution < 1.29 is 9.53 Å². The highest BCUT2D eigenvalue weighted by atomic mass is 16.5. The van der Waals surface area contributed by atoms with Crippen LogP contribution in [0.4, 0.5) is 5.69 Å². The lowest BCUT2D eigenvalue weighted by Gasteiger charge is -2.30. The molecule has 6 nitrogen and oxygen atoms in total.